The summed E-state index contributed by atoms with van der Waals surface area (Å²) in [5.41, 5.74) is 0. The van der Waals surface area contributed by atoms with Gasteiger partial charge in [-0.3, -0.25) is 4.90 Å². The zero-order valence-electron chi connectivity index (χ0n) is 12.5. The van der Waals surface area contributed by atoms with Crippen molar-refractivity contribution >= 4 is 21.4 Å². The van der Waals surface area contributed by atoms with E-state index in [4.69, 9.17) is 0 Å². The van der Waals surface area contributed by atoms with Gasteiger partial charge in [0.1, 0.15) is 0 Å². The van der Waals surface area contributed by atoms with Gasteiger partial charge in [0.2, 0.25) is 0 Å². The van der Waals surface area contributed by atoms with Gasteiger partial charge >= 0.3 is 0 Å². The molecule has 0 aliphatic carbocycles. The lowest BCUT2D eigenvalue weighted by Crippen LogP contribution is -2.28. The Kier molecular flexibility index (Phi) is 4.39. The predicted molar refractivity (Wildman–Crippen MR) is 88.5 cm³/mol. The normalized spacial score (nSPS) is 18.1. The van der Waals surface area contributed by atoms with Crippen LogP contribution in [0.5, 0.6) is 0 Å². The molecular weight excluding hydrogens is 264 g/mol. The molecule has 0 spiro atoms. The maximum atomic E-state index is 2.69. The quantitative estimate of drug-likeness (QED) is 0.821. The van der Waals surface area contributed by atoms with E-state index in [9.17, 15) is 0 Å². The van der Waals surface area contributed by atoms with E-state index in [2.05, 4.69) is 54.2 Å². The van der Waals surface area contributed by atoms with E-state index >= 15 is 0 Å². The second-order valence-corrected chi connectivity index (χ2v) is 7.15. The second kappa shape index (κ2) is 6.25. The molecule has 3 heteroatoms. The van der Waals surface area contributed by atoms with Crippen molar-refractivity contribution in [1.82, 2.24) is 9.80 Å². The molecular formula is C17H24N2S. The SMILES string of the molecule is CN(C)CCC(c1cc2ccccc2s1)N1CCCC1. The summed E-state index contributed by atoms with van der Waals surface area (Å²) in [4.78, 5) is 6.54. The Labute approximate surface area is 126 Å². The molecule has 1 aromatic carbocycles. The standard InChI is InChI=1S/C17H24N2S/c1-18(2)12-9-15(19-10-5-6-11-19)17-13-14-7-3-4-8-16(14)20-17/h3-4,7-8,13,15H,5-6,9-12H2,1-2H3. The predicted octanol–water partition coefficient (Wildman–Crippen LogP) is 3.99. The van der Waals surface area contributed by atoms with Gasteiger partial charge in [-0.1, -0.05) is 18.2 Å². The third-order valence-corrected chi connectivity index (χ3v) is 5.42. The van der Waals surface area contributed by atoms with Gasteiger partial charge in [-0.15, -0.1) is 11.3 Å². The molecule has 3 rings (SSSR count). The van der Waals surface area contributed by atoms with Crippen molar-refractivity contribution in [3.63, 3.8) is 0 Å². The Morgan fingerprint density at radius 2 is 1.95 bits per heavy atom. The Hall–Kier alpha value is -0.900. The van der Waals surface area contributed by atoms with Gasteiger partial charge in [0.05, 0.1) is 0 Å². The van der Waals surface area contributed by atoms with E-state index < -0.39 is 0 Å². The maximum absolute atomic E-state index is 2.69. The highest BCUT2D eigenvalue weighted by Gasteiger charge is 2.24. The number of hydrogen-bond acceptors (Lipinski definition) is 3. The lowest BCUT2D eigenvalue weighted by molar-refractivity contribution is 0.218. The number of thiophene rings is 1. The summed E-state index contributed by atoms with van der Waals surface area (Å²) in [6, 6.07) is 11.8. The summed E-state index contributed by atoms with van der Waals surface area (Å²) in [5, 5.41) is 1.40. The van der Waals surface area contributed by atoms with Crippen molar-refractivity contribution in [3.8, 4) is 0 Å². The van der Waals surface area contributed by atoms with Gasteiger partial charge in [-0.25, -0.2) is 0 Å². The molecule has 1 fully saturated rings. The lowest BCUT2D eigenvalue weighted by atomic mass is 10.1. The van der Waals surface area contributed by atoms with E-state index in [-0.39, 0.29) is 0 Å². The molecule has 108 valence electrons. The highest BCUT2D eigenvalue weighted by atomic mass is 32.1. The lowest BCUT2D eigenvalue weighted by Gasteiger charge is -2.27. The topological polar surface area (TPSA) is 6.48 Å². The molecule has 0 N–H and O–H groups in total. The minimum absolute atomic E-state index is 0.609. The second-order valence-electron chi connectivity index (χ2n) is 6.04. The molecule has 0 bridgehead atoms. The number of likely N-dealkylation sites (tertiary alicyclic amines) is 1. The number of benzene rings is 1. The first-order valence-electron chi connectivity index (χ1n) is 7.61. The first-order valence-corrected chi connectivity index (χ1v) is 8.43. The van der Waals surface area contributed by atoms with Gasteiger partial charge in [-0.05, 0) is 70.5 Å². The summed E-state index contributed by atoms with van der Waals surface area (Å²) in [5.74, 6) is 0. The molecule has 20 heavy (non-hydrogen) atoms. The Morgan fingerprint density at radius 3 is 2.65 bits per heavy atom. The van der Waals surface area contributed by atoms with Gasteiger partial charge in [0.25, 0.3) is 0 Å². The Morgan fingerprint density at radius 1 is 1.20 bits per heavy atom. The summed E-state index contributed by atoms with van der Waals surface area (Å²) in [6.07, 6.45) is 3.96. The summed E-state index contributed by atoms with van der Waals surface area (Å²) >= 11 is 1.98. The fourth-order valence-electron chi connectivity index (χ4n) is 3.11. The van der Waals surface area contributed by atoms with Crippen LogP contribution in [0.2, 0.25) is 0 Å². The van der Waals surface area contributed by atoms with Gasteiger partial charge < -0.3 is 4.90 Å². The number of fused-ring (bicyclic) bond motifs is 1. The largest absolute Gasteiger partial charge is 0.309 e. The van der Waals surface area contributed by atoms with Crippen LogP contribution < -0.4 is 0 Å². The van der Waals surface area contributed by atoms with Crippen LogP contribution in [0.25, 0.3) is 10.1 Å². The Balaban J connectivity index is 1.86. The highest BCUT2D eigenvalue weighted by molar-refractivity contribution is 7.19. The molecule has 0 radical (unpaired) electrons. The third kappa shape index (κ3) is 3.05. The molecule has 1 unspecified atom stereocenters. The van der Waals surface area contributed by atoms with E-state index in [1.807, 2.05) is 11.3 Å². The minimum atomic E-state index is 0.609. The molecule has 2 nitrogen and oxygen atoms in total. The summed E-state index contributed by atoms with van der Waals surface area (Å²) < 4.78 is 1.43. The summed E-state index contributed by atoms with van der Waals surface area (Å²) in [7, 11) is 4.35. The van der Waals surface area contributed by atoms with Crippen LogP contribution in [0.3, 0.4) is 0 Å². The van der Waals surface area contributed by atoms with Crippen LogP contribution >= 0.6 is 11.3 Å². The molecule has 2 heterocycles. The number of nitrogens with zero attached hydrogens (tertiary/aromatic N) is 2. The maximum Gasteiger partial charge on any atom is 0.0454 e. The van der Waals surface area contributed by atoms with E-state index in [1.54, 1.807) is 4.88 Å². The number of hydrogen-bond donors (Lipinski definition) is 0. The molecule has 0 amide bonds. The average molecular weight is 288 g/mol. The van der Waals surface area contributed by atoms with Crippen LogP contribution in [0.4, 0.5) is 0 Å². The molecule has 0 saturated carbocycles. The Bertz CT molecular complexity index is 522. The monoisotopic (exact) mass is 288 g/mol. The van der Waals surface area contributed by atoms with Gasteiger partial charge in [0.15, 0.2) is 0 Å². The zero-order valence-corrected chi connectivity index (χ0v) is 13.3. The van der Waals surface area contributed by atoms with Crippen LogP contribution in [-0.4, -0.2) is 43.5 Å². The van der Waals surface area contributed by atoms with Crippen LogP contribution in [0, 0.1) is 0 Å². The van der Waals surface area contributed by atoms with Crippen LogP contribution in [0.15, 0.2) is 30.3 Å². The van der Waals surface area contributed by atoms with Crippen molar-refractivity contribution in [2.45, 2.75) is 25.3 Å². The molecule has 1 atom stereocenters. The zero-order chi connectivity index (χ0) is 13.9. The summed E-state index contributed by atoms with van der Waals surface area (Å²) in [6.45, 7) is 3.70. The van der Waals surface area contributed by atoms with Gasteiger partial charge in [0, 0.05) is 15.6 Å². The van der Waals surface area contributed by atoms with E-state index in [0.29, 0.717) is 6.04 Å². The van der Waals surface area contributed by atoms with Gasteiger partial charge in [-0.2, -0.15) is 0 Å². The van der Waals surface area contributed by atoms with Crippen LogP contribution in [-0.2, 0) is 0 Å². The van der Waals surface area contributed by atoms with E-state index in [1.165, 1.54) is 42.4 Å². The van der Waals surface area contributed by atoms with Crippen molar-refractivity contribution in [2.24, 2.45) is 0 Å². The van der Waals surface area contributed by atoms with Crippen molar-refractivity contribution in [3.05, 3.63) is 35.2 Å². The van der Waals surface area contributed by atoms with Crippen molar-refractivity contribution < 1.29 is 0 Å². The smallest absolute Gasteiger partial charge is 0.0454 e. The highest BCUT2D eigenvalue weighted by Crippen LogP contribution is 2.36. The van der Waals surface area contributed by atoms with Crippen molar-refractivity contribution in [1.29, 1.82) is 0 Å². The third-order valence-electron chi connectivity index (χ3n) is 4.20. The molecule has 1 saturated heterocycles. The molecule has 1 aliphatic rings. The minimum Gasteiger partial charge on any atom is -0.309 e. The fourth-order valence-corrected chi connectivity index (χ4v) is 4.34. The fraction of sp³-hybridized carbons (Fsp3) is 0.529. The van der Waals surface area contributed by atoms with E-state index in [0.717, 1.165) is 6.54 Å². The van der Waals surface area contributed by atoms with Crippen molar-refractivity contribution in [2.75, 3.05) is 33.7 Å². The average Bonchev–Trinajstić information content (AvgIpc) is 3.07. The first-order chi connectivity index (χ1) is 9.74. The molecule has 1 aromatic heterocycles. The first kappa shape index (κ1) is 14.1. The molecule has 2 aromatic rings. The molecule has 1 aliphatic heterocycles. The number of rotatable bonds is 5. The van der Waals surface area contributed by atoms with Crippen LogP contribution in [0.1, 0.15) is 30.2 Å².